The Morgan fingerprint density at radius 3 is 2.50 bits per heavy atom. The van der Waals surface area contributed by atoms with E-state index in [9.17, 15) is 0 Å². The Balaban J connectivity index is 2.55. The van der Waals surface area contributed by atoms with Gasteiger partial charge in [-0.2, -0.15) is 5.26 Å². The molecule has 0 radical (unpaired) electrons. The minimum atomic E-state index is -0.0364. The molecule has 0 aliphatic rings. The Hall–Kier alpha value is -1.40. The smallest absolute Gasteiger partial charge is 0.0757 e. The summed E-state index contributed by atoms with van der Waals surface area (Å²) in [5, 5.41) is 8.76. The predicted octanol–water partition coefficient (Wildman–Crippen LogP) is 2.93. The lowest BCUT2D eigenvalue weighted by Gasteiger charge is -2.28. The minimum absolute atomic E-state index is 0.0112. The molecule has 0 amide bonds. The second-order valence-corrected chi connectivity index (χ2v) is 4.88. The molecular weight excluding hydrogens is 200 g/mol. The summed E-state index contributed by atoms with van der Waals surface area (Å²) in [6.45, 7) is 6.79. The minimum Gasteiger partial charge on any atom is -0.372 e. The molecule has 1 atom stereocenters. The molecule has 0 saturated carbocycles. The third-order valence-corrected chi connectivity index (χ3v) is 2.44. The summed E-state index contributed by atoms with van der Waals surface area (Å²) in [5.74, 6) is 0. The maximum atomic E-state index is 8.76. The Morgan fingerprint density at radius 2 is 2.00 bits per heavy atom. The van der Waals surface area contributed by atoms with E-state index >= 15 is 0 Å². The van der Waals surface area contributed by atoms with Gasteiger partial charge in [-0.1, -0.05) is 20.8 Å². The number of hydrogen-bond acceptors (Lipinski definition) is 3. The van der Waals surface area contributed by atoms with E-state index in [0.29, 0.717) is 13.0 Å². The average molecular weight is 218 g/mol. The first-order valence-corrected chi connectivity index (χ1v) is 5.41. The summed E-state index contributed by atoms with van der Waals surface area (Å²) in [7, 11) is 0. The van der Waals surface area contributed by atoms with Gasteiger partial charge in [0, 0.05) is 12.4 Å². The number of pyridine rings is 1. The highest BCUT2D eigenvalue weighted by Crippen LogP contribution is 2.25. The van der Waals surface area contributed by atoms with Crippen LogP contribution in [0.4, 0.5) is 0 Å². The quantitative estimate of drug-likeness (QED) is 0.780. The normalized spacial score (nSPS) is 13.1. The topological polar surface area (TPSA) is 45.9 Å². The number of nitrogens with zero attached hydrogens (tertiary/aromatic N) is 2. The summed E-state index contributed by atoms with van der Waals surface area (Å²) in [4.78, 5) is 3.95. The monoisotopic (exact) mass is 218 g/mol. The lowest BCUT2D eigenvalue weighted by atomic mass is 9.87. The fourth-order valence-electron chi connectivity index (χ4n) is 1.37. The largest absolute Gasteiger partial charge is 0.372 e. The van der Waals surface area contributed by atoms with E-state index in [2.05, 4.69) is 31.8 Å². The van der Waals surface area contributed by atoms with Crippen molar-refractivity contribution < 1.29 is 4.74 Å². The molecule has 1 rings (SSSR count). The van der Waals surface area contributed by atoms with E-state index in [1.165, 1.54) is 0 Å². The van der Waals surface area contributed by atoms with Crippen LogP contribution in [-0.4, -0.2) is 11.1 Å². The molecule has 16 heavy (non-hydrogen) atoms. The van der Waals surface area contributed by atoms with Crippen molar-refractivity contribution in [3.63, 3.8) is 0 Å². The molecule has 0 spiro atoms. The van der Waals surface area contributed by atoms with E-state index < -0.39 is 0 Å². The average Bonchev–Trinajstić information content (AvgIpc) is 2.24. The lowest BCUT2D eigenvalue weighted by Crippen LogP contribution is -2.28. The van der Waals surface area contributed by atoms with Crippen molar-refractivity contribution in [3.05, 3.63) is 30.1 Å². The van der Waals surface area contributed by atoms with Gasteiger partial charge in [0.25, 0.3) is 0 Å². The van der Waals surface area contributed by atoms with E-state index in [-0.39, 0.29) is 11.5 Å². The highest BCUT2D eigenvalue weighted by molar-refractivity contribution is 5.08. The van der Waals surface area contributed by atoms with Gasteiger partial charge in [0.2, 0.25) is 0 Å². The molecule has 0 bridgehead atoms. The van der Waals surface area contributed by atoms with E-state index in [4.69, 9.17) is 10.00 Å². The van der Waals surface area contributed by atoms with Gasteiger partial charge in [-0.3, -0.25) is 4.98 Å². The fraction of sp³-hybridized carbons (Fsp3) is 0.538. The molecule has 1 heterocycles. The molecule has 0 N–H and O–H groups in total. The Kier molecular flexibility index (Phi) is 4.45. The summed E-state index contributed by atoms with van der Waals surface area (Å²) >= 11 is 0. The van der Waals surface area contributed by atoms with Crippen LogP contribution in [0.5, 0.6) is 0 Å². The van der Waals surface area contributed by atoms with Crippen molar-refractivity contribution in [2.45, 2.75) is 39.9 Å². The van der Waals surface area contributed by atoms with Crippen LogP contribution in [0, 0.1) is 16.7 Å². The van der Waals surface area contributed by atoms with Crippen LogP contribution in [0.3, 0.4) is 0 Å². The summed E-state index contributed by atoms with van der Waals surface area (Å²) in [6, 6.07) is 6.02. The van der Waals surface area contributed by atoms with Gasteiger partial charge >= 0.3 is 0 Å². The first kappa shape index (κ1) is 12.7. The number of rotatable bonds is 4. The molecule has 1 unspecified atom stereocenters. The van der Waals surface area contributed by atoms with Crippen molar-refractivity contribution >= 4 is 0 Å². The predicted molar refractivity (Wildman–Crippen MR) is 62.5 cm³/mol. The van der Waals surface area contributed by atoms with Crippen LogP contribution in [0.15, 0.2) is 24.5 Å². The zero-order valence-electron chi connectivity index (χ0n) is 10.1. The first-order chi connectivity index (χ1) is 7.54. The van der Waals surface area contributed by atoms with Gasteiger partial charge in [-0.15, -0.1) is 0 Å². The van der Waals surface area contributed by atoms with Crippen LogP contribution in [0.2, 0.25) is 0 Å². The third-order valence-electron chi connectivity index (χ3n) is 2.44. The van der Waals surface area contributed by atoms with Gasteiger partial charge < -0.3 is 4.74 Å². The van der Waals surface area contributed by atoms with Crippen LogP contribution < -0.4 is 0 Å². The summed E-state index contributed by atoms with van der Waals surface area (Å²) in [5.41, 5.74) is 1.07. The van der Waals surface area contributed by atoms with Gasteiger partial charge in [0.05, 0.1) is 25.2 Å². The van der Waals surface area contributed by atoms with Crippen molar-refractivity contribution in [3.8, 4) is 6.07 Å². The van der Waals surface area contributed by atoms with Crippen molar-refractivity contribution in [2.24, 2.45) is 5.41 Å². The van der Waals surface area contributed by atoms with Crippen molar-refractivity contribution in [1.82, 2.24) is 4.98 Å². The van der Waals surface area contributed by atoms with Gasteiger partial charge in [0.1, 0.15) is 0 Å². The van der Waals surface area contributed by atoms with Gasteiger partial charge in [0.15, 0.2) is 0 Å². The molecule has 0 aliphatic heterocycles. The molecule has 1 aromatic heterocycles. The molecule has 0 saturated heterocycles. The molecule has 0 aliphatic carbocycles. The molecule has 3 heteroatoms. The fourth-order valence-corrected chi connectivity index (χ4v) is 1.37. The second kappa shape index (κ2) is 5.62. The molecule has 1 aromatic rings. The Morgan fingerprint density at radius 1 is 1.38 bits per heavy atom. The first-order valence-electron chi connectivity index (χ1n) is 5.41. The highest BCUT2D eigenvalue weighted by atomic mass is 16.5. The maximum absolute atomic E-state index is 8.76. The van der Waals surface area contributed by atoms with E-state index in [1.54, 1.807) is 12.4 Å². The molecule has 3 nitrogen and oxygen atoms in total. The van der Waals surface area contributed by atoms with Crippen LogP contribution in [0.25, 0.3) is 0 Å². The van der Waals surface area contributed by atoms with Crippen LogP contribution in [0.1, 0.15) is 32.8 Å². The van der Waals surface area contributed by atoms with Gasteiger partial charge in [-0.05, 0) is 23.1 Å². The van der Waals surface area contributed by atoms with Crippen LogP contribution >= 0.6 is 0 Å². The molecule has 0 aromatic carbocycles. The second-order valence-electron chi connectivity index (χ2n) is 4.88. The summed E-state index contributed by atoms with van der Waals surface area (Å²) in [6.07, 6.45) is 3.88. The molecule has 0 fully saturated rings. The SMILES string of the molecule is CC(C)(C)C(CC#N)OCc1ccncc1. The Bertz CT molecular complexity index is 348. The lowest BCUT2D eigenvalue weighted by molar-refractivity contribution is -0.0247. The third kappa shape index (κ3) is 4.00. The number of aromatic nitrogens is 1. The maximum Gasteiger partial charge on any atom is 0.0757 e. The molecule has 86 valence electrons. The van der Waals surface area contributed by atoms with E-state index in [1.807, 2.05) is 12.1 Å². The summed E-state index contributed by atoms with van der Waals surface area (Å²) < 4.78 is 5.78. The zero-order chi connectivity index (χ0) is 12.0. The van der Waals surface area contributed by atoms with Crippen molar-refractivity contribution in [2.75, 3.05) is 0 Å². The molecular formula is C13H18N2O. The Labute approximate surface area is 97.1 Å². The number of nitriles is 1. The number of hydrogen-bond donors (Lipinski definition) is 0. The van der Waals surface area contributed by atoms with E-state index in [0.717, 1.165) is 5.56 Å². The zero-order valence-corrected chi connectivity index (χ0v) is 10.1. The van der Waals surface area contributed by atoms with Crippen molar-refractivity contribution in [1.29, 1.82) is 5.26 Å². The standard InChI is InChI=1S/C13H18N2O/c1-13(2,3)12(4-7-14)16-10-11-5-8-15-9-6-11/h5-6,8-9,12H,4,10H2,1-3H3. The highest BCUT2D eigenvalue weighted by Gasteiger charge is 2.25. The van der Waals surface area contributed by atoms with Gasteiger partial charge in [-0.25, -0.2) is 0 Å². The number of ether oxygens (including phenoxy) is 1. The van der Waals surface area contributed by atoms with Crippen LogP contribution in [-0.2, 0) is 11.3 Å².